The van der Waals surface area contributed by atoms with Gasteiger partial charge < -0.3 is 50.5 Å². The van der Waals surface area contributed by atoms with Crippen molar-refractivity contribution in [1.29, 1.82) is 0 Å². The summed E-state index contributed by atoms with van der Waals surface area (Å²) in [6, 6.07) is -1.16. The van der Waals surface area contributed by atoms with E-state index in [0.29, 0.717) is 19.3 Å². The van der Waals surface area contributed by atoms with E-state index < -0.39 is 74.2 Å². The fourth-order valence-electron chi connectivity index (χ4n) is 8.21. The molecule has 0 bridgehead atoms. The van der Waals surface area contributed by atoms with Gasteiger partial charge in [-0.15, -0.1) is 0 Å². The van der Waals surface area contributed by atoms with E-state index in [1.165, 1.54) is 141 Å². The van der Waals surface area contributed by atoms with Gasteiger partial charge in [0, 0.05) is 0 Å². The maximum Gasteiger partial charge on any atom is 0.249 e. The lowest BCUT2D eigenvalue weighted by Crippen LogP contribution is -2.60. The molecule has 1 fully saturated rings. The van der Waals surface area contributed by atoms with E-state index in [-0.39, 0.29) is 6.42 Å². The second-order valence-corrected chi connectivity index (χ2v) is 18.4. The summed E-state index contributed by atoms with van der Waals surface area (Å²) < 4.78 is 11.1. The number of hydrogen-bond donors (Lipinski definition) is 8. The number of carbonyl (C=O) groups excluding carboxylic acids is 1. The number of amides is 1. The zero-order valence-electron chi connectivity index (χ0n) is 38.2. The molecule has 3 unspecified atom stereocenters. The van der Waals surface area contributed by atoms with Crippen LogP contribution in [0.2, 0.25) is 0 Å². The van der Waals surface area contributed by atoms with Gasteiger partial charge in [-0.2, -0.15) is 0 Å². The summed E-state index contributed by atoms with van der Waals surface area (Å²) in [5, 5.41) is 75.7. The molecule has 0 aromatic carbocycles. The minimum atomic E-state index is -1.66. The molecule has 1 aliphatic heterocycles. The number of unbranched alkanes of at least 4 members (excludes halogenated alkanes) is 27. The van der Waals surface area contributed by atoms with Crippen molar-refractivity contribution < 1.29 is 50.0 Å². The molecule has 0 saturated carbocycles. The fourth-order valence-corrected chi connectivity index (χ4v) is 8.21. The molecule has 1 saturated heterocycles. The molecule has 0 aromatic rings. The van der Waals surface area contributed by atoms with Gasteiger partial charge in [0.25, 0.3) is 0 Å². The maximum atomic E-state index is 13.1. The number of nitrogens with one attached hydrogen (secondary N) is 1. The average molecular weight is 846 g/mol. The standard InChI is InChI=1S/C48H95NO10/c1-4-5-6-7-8-9-10-11-12-13-14-15-16-17-18-19-22-26-29-32-35-41(52)47(57)49-39(37-58-48-46(56)45(55)44(54)42(36-50)59-48)43(53)40(51)34-31-28-25-23-20-21-24-27-30-33-38(2)3/h38-46,48,50-56H,4-37H2,1-3H3,(H,49,57)/t39-,40+,41+,42?,43-,44-,45?,46?,48-/m0/s1. The fraction of sp³-hybridized carbons (Fsp3) is 0.979. The lowest BCUT2D eigenvalue weighted by atomic mass is 9.98. The zero-order valence-corrected chi connectivity index (χ0v) is 38.2. The van der Waals surface area contributed by atoms with Crippen LogP contribution in [-0.2, 0) is 14.3 Å². The lowest BCUT2D eigenvalue weighted by Gasteiger charge is -2.40. The summed E-state index contributed by atoms with van der Waals surface area (Å²) in [5.74, 6) is 0.0701. The van der Waals surface area contributed by atoms with Gasteiger partial charge in [-0.1, -0.05) is 213 Å². The predicted octanol–water partition coefficient (Wildman–Crippen LogP) is 8.53. The minimum Gasteiger partial charge on any atom is -0.394 e. The third kappa shape index (κ3) is 28.4. The first-order valence-corrected chi connectivity index (χ1v) is 24.8. The zero-order chi connectivity index (χ0) is 43.5. The van der Waals surface area contributed by atoms with E-state index in [9.17, 15) is 40.5 Å². The Balaban J connectivity index is 2.37. The average Bonchev–Trinajstić information content (AvgIpc) is 3.22. The van der Waals surface area contributed by atoms with Crippen LogP contribution in [0.3, 0.4) is 0 Å². The maximum absolute atomic E-state index is 13.1. The molecule has 0 aromatic heterocycles. The first-order chi connectivity index (χ1) is 28.5. The van der Waals surface area contributed by atoms with Crippen molar-refractivity contribution in [2.45, 2.75) is 281 Å². The molecule has 1 heterocycles. The van der Waals surface area contributed by atoms with Crippen LogP contribution in [0.25, 0.3) is 0 Å². The van der Waals surface area contributed by atoms with Gasteiger partial charge in [0.1, 0.15) is 36.6 Å². The summed E-state index contributed by atoms with van der Waals surface area (Å²) in [6.45, 7) is 5.75. The molecule has 1 aliphatic rings. The van der Waals surface area contributed by atoms with E-state index in [1.54, 1.807) is 0 Å². The first-order valence-electron chi connectivity index (χ1n) is 24.8. The molecule has 9 atom stereocenters. The van der Waals surface area contributed by atoms with Gasteiger partial charge in [-0.05, 0) is 18.8 Å². The Morgan fingerprint density at radius 3 is 1.36 bits per heavy atom. The Morgan fingerprint density at radius 2 is 0.949 bits per heavy atom. The van der Waals surface area contributed by atoms with Crippen molar-refractivity contribution >= 4 is 5.91 Å². The normalized spacial score (nSPS) is 21.8. The van der Waals surface area contributed by atoms with Crippen LogP contribution in [0.5, 0.6) is 0 Å². The third-order valence-electron chi connectivity index (χ3n) is 12.3. The van der Waals surface area contributed by atoms with E-state index in [4.69, 9.17) is 9.47 Å². The van der Waals surface area contributed by atoms with E-state index >= 15 is 0 Å². The molecule has 0 aliphatic carbocycles. The molecule has 8 N–H and O–H groups in total. The number of aliphatic hydroxyl groups is 7. The molecule has 11 heteroatoms. The van der Waals surface area contributed by atoms with Crippen molar-refractivity contribution in [2.75, 3.05) is 13.2 Å². The number of ether oxygens (including phenoxy) is 2. The highest BCUT2D eigenvalue weighted by atomic mass is 16.7. The number of hydrogen-bond acceptors (Lipinski definition) is 10. The molecule has 1 amide bonds. The summed E-state index contributed by atoms with van der Waals surface area (Å²) in [6.07, 6.45) is 25.9. The third-order valence-corrected chi connectivity index (χ3v) is 12.3. The van der Waals surface area contributed by atoms with E-state index in [2.05, 4.69) is 26.1 Å². The van der Waals surface area contributed by atoms with Crippen LogP contribution in [0.1, 0.15) is 226 Å². The smallest absolute Gasteiger partial charge is 0.249 e. The van der Waals surface area contributed by atoms with Gasteiger partial charge in [0.05, 0.1) is 25.4 Å². The molecule has 0 radical (unpaired) electrons. The van der Waals surface area contributed by atoms with Gasteiger partial charge in [-0.3, -0.25) is 4.79 Å². The van der Waals surface area contributed by atoms with Crippen LogP contribution in [0.4, 0.5) is 0 Å². The Morgan fingerprint density at radius 1 is 0.559 bits per heavy atom. The molecular formula is C48H95NO10. The van der Waals surface area contributed by atoms with Crippen molar-refractivity contribution in [3.8, 4) is 0 Å². The highest BCUT2D eigenvalue weighted by molar-refractivity contribution is 5.80. The number of carbonyl (C=O) groups is 1. The molecule has 59 heavy (non-hydrogen) atoms. The van der Waals surface area contributed by atoms with Gasteiger partial charge in [-0.25, -0.2) is 0 Å². The molecule has 352 valence electrons. The Labute approximate surface area is 360 Å². The summed E-state index contributed by atoms with van der Waals surface area (Å²) in [5.41, 5.74) is 0. The van der Waals surface area contributed by atoms with Gasteiger partial charge in [0.2, 0.25) is 5.91 Å². The van der Waals surface area contributed by atoms with Crippen LogP contribution < -0.4 is 5.32 Å². The molecule has 0 spiro atoms. The molecule has 11 nitrogen and oxygen atoms in total. The van der Waals surface area contributed by atoms with Gasteiger partial charge >= 0.3 is 0 Å². The van der Waals surface area contributed by atoms with Gasteiger partial charge in [0.15, 0.2) is 6.29 Å². The van der Waals surface area contributed by atoms with E-state index in [0.717, 1.165) is 44.4 Å². The molecular weight excluding hydrogens is 751 g/mol. The quantitative estimate of drug-likeness (QED) is 0.0277. The van der Waals surface area contributed by atoms with Crippen molar-refractivity contribution in [2.24, 2.45) is 5.92 Å². The number of aliphatic hydroxyl groups excluding tert-OH is 7. The largest absolute Gasteiger partial charge is 0.394 e. The first kappa shape index (κ1) is 56.1. The molecule has 1 rings (SSSR count). The summed E-state index contributed by atoms with van der Waals surface area (Å²) in [7, 11) is 0. The van der Waals surface area contributed by atoms with Crippen LogP contribution in [0, 0.1) is 5.92 Å². The second-order valence-electron chi connectivity index (χ2n) is 18.4. The van der Waals surface area contributed by atoms with Crippen molar-refractivity contribution in [3.05, 3.63) is 0 Å². The van der Waals surface area contributed by atoms with E-state index in [1.807, 2.05) is 0 Å². The topological polar surface area (TPSA) is 189 Å². The summed E-state index contributed by atoms with van der Waals surface area (Å²) in [4.78, 5) is 13.1. The second kappa shape index (κ2) is 37.6. The van der Waals surface area contributed by atoms with Crippen LogP contribution in [0.15, 0.2) is 0 Å². The monoisotopic (exact) mass is 846 g/mol. The Hall–Kier alpha value is -0.890. The minimum absolute atomic E-state index is 0.266. The van der Waals surface area contributed by atoms with Crippen LogP contribution >= 0.6 is 0 Å². The Bertz CT molecular complexity index is 941. The predicted molar refractivity (Wildman–Crippen MR) is 238 cm³/mol. The summed E-state index contributed by atoms with van der Waals surface area (Å²) >= 11 is 0. The Kier molecular flexibility index (Phi) is 35.8. The van der Waals surface area contributed by atoms with Crippen molar-refractivity contribution in [1.82, 2.24) is 5.32 Å². The van der Waals surface area contributed by atoms with Crippen LogP contribution in [-0.4, -0.2) is 110 Å². The lowest BCUT2D eigenvalue weighted by molar-refractivity contribution is -0.303. The number of rotatable bonds is 41. The van der Waals surface area contributed by atoms with Crippen molar-refractivity contribution in [3.63, 3.8) is 0 Å². The highest BCUT2D eigenvalue weighted by Gasteiger charge is 2.44. The SMILES string of the molecule is CCCCCCCCCCCCCCCCCCCCCC[C@@H](O)C(=O)N[C@@H](CO[C@H]1OC(CO)[C@H](O)C(O)C1O)[C@H](O)[C@H](O)CCCCCCCCCCCC(C)C. The highest BCUT2D eigenvalue weighted by Crippen LogP contribution is 2.23.